The van der Waals surface area contributed by atoms with Crippen LogP contribution in [0.25, 0.3) is 0 Å². The van der Waals surface area contributed by atoms with E-state index in [0.717, 1.165) is 38.4 Å². The lowest BCUT2D eigenvalue weighted by Crippen LogP contribution is -2.58. The summed E-state index contributed by atoms with van der Waals surface area (Å²) in [5, 5.41) is 3.46. The fourth-order valence-electron chi connectivity index (χ4n) is 2.84. The molecule has 3 rings (SSSR count). The summed E-state index contributed by atoms with van der Waals surface area (Å²) >= 11 is 0. The molecule has 2 aliphatic rings. The largest absolute Gasteiger partial charge is 0.491 e. The number of rotatable bonds is 1. The predicted octanol–water partition coefficient (Wildman–Crippen LogP) is 1.81. The Morgan fingerprint density at radius 3 is 3.06 bits per heavy atom. The Bertz CT molecular complexity index is 428. The molecule has 2 heterocycles. The molecule has 17 heavy (non-hydrogen) atoms. The summed E-state index contributed by atoms with van der Waals surface area (Å²) in [4.78, 5) is 2.48. The molecule has 0 spiro atoms. The van der Waals surface area contributed by atoms with E-state index in [1.807, 2.05) is 0 Å². The third kappa shape index (κ3) is 1.78. The van der Waals surface area contributed by atoms with Gasteiger partial charge >= 0.3 is 0 Å². The van der Waals surface area contributed by atoms with Gasteiger partial charge in [-0.15, -0.1) is 0 Å². The summed E-state index contributed by atoms with van der Waals surface area (Å²) in [6.07, 6.45) is 1.05. The molecule has 1 aromatic carbocycles. The fraction of sp³-hybridized carbons (Fsp3) is 0.571. The predicted molar refractivity (Wildman–Crippen MR) is 69.9 cm³/mol. The van der Waals surface area contributed by atoms with Gasteiger partial charge in [0.15, 0.2) is 0 Å². The van der Waals surface area contributed by atoms with Gasteiger partial charge < -0.3 is 15.0 Å². The third-order valence-corrected chi connectivity index (χ3v) is 3.78. The van der Waals surface area contributed by atoms with Crippen molar-refractivity contribution in [2.75, 3.05) is 31.1 Å². The number of nitrogens with zero attached hydrogens (tertiary/aromatic N) is 1. The van der Waals surface area contributed by atoms with Crippen molar-refractivity contribution >= 4 is 5.69 Å². The quantitative estimate of drug-likeness (QED) is 0.799. The Morgan fingerprint density at radius 1 is 1.35 bits per heavy atom. The van der Waals surface area contributed by atoms with Crippen LogP contribution in [0.2, 0.25) is 0 Å². The number of para-hydroxylation sites is 1. The van der Waals surface area contributed by atoms with Crippen molar-refractivity contribution in [2.45, 2.75) is 25.8 Å². The first-order chi connectivity index (χ1) is 8.18. The van der Waals surface area contributed by atoms with Crippen molar-refractivity contribution in [2.24, 2.45) is 0 Å². The van der Waals surface area contributed by atoms with Gasteiger partial charge in [-0.1, -0.05) is 12.1 Å². The number of nitrogens with one attached hydrogen (secondary N) is 1. The maximum Gasteiger partial charge on any atom is 0.145 e. The first-order valence-corrected chi connectivity index (χ1v) is 6.41. The molecular weight excluding hydrogens is 212 g/mol. The van der Waals surface area contributed by atoms with Gasteiger partial charge in [0.25, 0.3) is 0 Å². The smallest absolute Gasteiger partial charge is 0.145 e. The minimum absolute atomic E-state index is 0.152. The molecular formula is C14H20N2O. The fourth-order valence-corrected chi connectivity index (χ4v) is 2.84. The maximum absolute atomic E-state index is 5.81. The molecule has 1 aromatic rings. The highest BCUT2D eigenvalue weighted by Crippen LogP contribution is 2.39. The van der Waals surface area contributed by atoms with E-state index in [-0.39, 0.29) is 5.54 Å². The van der Waals surface area contributed by atoms with Gasteiger partial charge in [0.1, 0.15) is 5.75 Å². The molecule has 3 nitrogen and oxygen atoms in total. The van der Waals surface area contributed by atoms with Gasteiger partial charge in [-0.2, -0.15) is 0 Å². The van der Waals surface area contributed by atoms with Crippen LogP contribution in [0.3, 0.4) is 0 Å². The van der Waals surface area contributed by atoms with Crippen molar-refractivity contribution in [3.63, 3.8) is 0 Å². The molecule has 0 bridgehead atoms. The standard InChI is InChI=1S/C14H20N2O/c1-14(2)10-15-7-8-16(14)12-5-3-4-11-6-9-17-13(11)12/h3-5,15H,6-10H2,1-2H3. The second kappa shape index (κ2) is 3.91. The molecule has 0 saturated carbocycles. The van der Waals surface area contributed by atoms with Crippen molar-refractivity contribution in [1.82, 2.24) is 5.32 Å². The topological polar surface area (TPSA) is 24.5 Å². The lowest BCUT2D eigenvalue weighted by molar-refractivity contribution is 0.344. The van der Waals surface area contributed by atoms with E-state index in [0.29, 0.717) is 0 Å². The van der Waals surface area contributed by atoms with Crippen LogP contribution in [0.5, 0.6) is 5.75 Å². The lowest BCUT2D eigenvalue weighted by Gasteiger charge is -2.44. The Balaban J connectivity index is 2.01. The van der Waals surface area contributed by atoms with E-state index in [1.165, 1.54) is 11.3 Å². The molecule has 1 fully saturated rings. The van der Waals surface area contributed by atoms with Crippen LogP contribution in [-0.4, -0.2) is 31.8 Å². The number of ether oxygens (including phenoxy) is 1. The zero-order valence-corrected chi connectivity index (χ0v) is 10.6. The molecule has 92 valence electrons. The molecule has 0 aliphatic carbocycles. The molecule has 1 saturated heterocycles. The highest BCUT2D eigenvalue weighted by molar-refractivity contribution is 5.64. The van der Waals surface area contributed by atoms with Crippen molar-refractivity contribution < 1.29 is 4.74 Å². The van der Waals surface area contributed by atoms with Crippen LogP contribution in [0, 0.1) is 0 Å². The number of benzene rings is 1. The average Bonchev–Trinajstić information content (AvgIpc) is 2.76. The molecule has 2 aliphatic heterocycles. The number of fused-ring (bicyclic) bond motifs is 1. The minimum atomic E-state index is 0.152. The SMILES string of the molecule is CC1(C)CNCCN1c1cccc2c1OCC2. The monoisotopic (exact) mass is 232 g/mol. The van der Waals surface area contributed by atoms with Crippen LogP contribution in [0.1, 0.15) is 19.4 Å². The highest BCUT2D eigenvalue weighted by Gasteiger charge is 2.32. The second-order valence-corrected chi connectivity index (χ2v) is 5.50. The van der Waals surface area contributed by atoms with E-state index in [1.54, 1.807) is 0 Å². The van der Waals surface area contributed by atoms with Crippen LogP contribution >= 0.6 is 0 Å². The number of anilines is 1. The van der Waals surface area contributed by atoms with Crippen LogP contribution in [-0.2, 0) is 6.42 Å². The maximum atomic E-state index is 5.81. The highest BCUT2D eigenvalue weighted by atomic mass is 16.5. The van der Waals surface area contributed by atoms with Gasteiger partial charge in [-0.25, -0.2) is 0 Å². The summed E-state index contributed by atoms with van der Waals surface area (Å²) in [7, 11) is 0. The zero-order valence-electron chi connectivity index (χ0n) is 10.6. The first kappa shape index (κ1) is 10.9. The van der Waals surface area contributed by atoms with Gasteiger partial charge in [-0.05, 0) is 25.5 Å². The summed E-state index contributed by atoms with van der Waals surface area (Å²) in [5.74, 6) is 1.11. The van der Waals surface area contributed by atoms with E-state index in [2.05, 4.69) is 42.3 Å². The summed E-state index contributed by atoms with van der Waals surface area (Å²) < 4.78 is 5.81. The first-order valence-electron chi connectivity index (χ1n) is 6.41. The van der Waals surface area contributed by atoms with Crippen LogP contribution in [0.4, 0.5) is 5.69 Å². The molecule has 1 N–H and O–H groups in total. The number of hydrogen-bond acceptors (Lipinski definition) is 3. The number of hydrogen-bond donors (Lipinski definition) is 1. The summed E-state index contributed by atoms with van der Waals surface area (Å²) in [6.45, 7) is 8.52. The Kier molecular flexibility index (Phi) is 2.51. The van der Waals surface area contributed by atoms with Crippen molar-refractivity contribution in [1.29, 1.82) is 0 Å². The van der Waals surface area contributed by atoms with Crippen molar-refractivity contribution in [3.05, 3.63) is 23.8 Å². The Hall–Kier alpha value is -1.22. The molecule has 0 unspecified atom stereocenters. The van der Waals surface area contributed by atoms with Gasteiger partial charge in [0.05, 0.1) is 12.3 Å². The zero-order chi connectivity index (χ0) is 11.9. The minimum Gasteiger partial charge on any atom is -0.491 e. The lowest BCUT2D eigenvalue weighted by atomic mass is 9.98. The Labute approximate surface area is 103 Å². The summed E-state index contributed by atoms with van der Waals surface area (Å²) in [6, 6.07) is 6.53. The second-order valence-electron chi connectivity index (χ2n) is 5.50. The molecule has 3 heteroatoms. The van der Waals surface area contributed by atoms with Gasteiger partial charge in [0, 0.05) is 31.6 Å². The molecule has 0 amide bonds. The summed E-state index contributed by atoms with van der Waals surface area (Å²) in [5.41, 5.74) is 2.78. The van der Waals surface area contributed by atoms with Crippen LogP contribution < -0.4 is 15.0 Å². The van der Waals surface area contributed by atoms with Crippen molar-refractivity contribution in [3.8, 4) is 5.75 Å². The van der Waals surface area contributed by atoms with E-state index < -0.39 is 0 Å². The Morgan fingerprint density at radius 2 is 2.24 bits per heavy atom. The molecule has 0 radical (unpaired) electrons. The average molecular weight is 232 g/mol. The van der Waals surface area contributed by atoms with E-state index >= 15 is 0 Å². The molecule has 0 aromatic heterocycles. The molecule has 0 atom stereocenters. The van der Waals surface area contributed by atoms with Gasteiger partial charge in [0.2, 0.25) is 0 Å². The van der Waals surface area contributed by atoms with E-state index in [9.17, 15) is 0 Å². The normalized spacial score (nSPS) is 22.1. The van der Waals surface area contributed by atoms with E-state index in [4.69, 9.17) is 4.74 Å². The number of piperazine rings is 1. The third-order valence-electron chi connectivity index (χ3n) is 3.78. The van der Waals surface area contributed by atoms with Crippen LogP contribution in [0.15, 0.2) is 18.2 Å². The van der Waals surface area contributed by atoms with Gasteiger partial charge in [-0.3, -0.25) is 0 Å².